The lowest BCUT2D eigenvalue weighted by Gasteiger charge is -2.39. The van der Waals surface area contributed by atoms with E-state index < -0.39 is 10.0 Å². The van der Waals surface area contributed by atoms with Gasteiger partial charge in [-0.15, -0.1) is 0 Å². The van der Waals surface area contributed by atoms with Crippen molar-refractivity contribution in [1.29, 1.82) is 0 Å². The van der Waals surface area contributed by atoms with E-state index in [4.69, 9.17) is 0 Å². The van der Waals surface area contributed by atoms with Gasteiger partial charge < -0.3 is 9.80 Å². The van der Waals surface area contributed by atoms with Crippen molar-refractivity contribution < 1.29 is 18.0 Å². The van der Waals surface area contributed by atoms with Crippen molar-refractivity contribution in [3.8, 4) is 0 Å². The van der Waals surface area contributed by atoms with Gasteiger partial charge in [-0.05, 0) is 40.7 Å². The number of piperazine rings is 1. The summed E-state index contributed by atoms with van der Waals surface area (Å²) in [6.07, 6.45) is 0.991. The first-order chi connectivity index (χ1) is 16.5. The Kier molecular flexibility index (Phi) is 7.06. The molecule has 7 nitrogen and oxygen atoms in total. The maximum Gasteiger partial charge on any atom is 0.243 e. The largest absolute Gasteiger partial charge is 0.340 e. The van der Waals surface area contributed by atoms with Crippen LogP contribution in [0.1, 0.15) is 56.8 Å². The minimum atomic E-state index is -3.62. The van der Waals surface area contributed by atoms with Gasteiger partial charge in [0.1, 0.15) is 0 Å². The third-order valence-corrected chi connectivity index (χ3v) is 9.05. The number of carbonyl (C=O) groups excluding carboxylic acids is 2. The van der Waals surface area contributed by atoms with Crippen LogP contribution in [0.15, 0.2) is 53.4 Å². The molecular weight excluding hydrogens is 462 g/mol. The Hall–Kier alpha value is -2.71. The van der Waals surface area contributed by atoms with E-state index in [1.807, 2.05) is 30.3 Å². The topological polar surface area (TPSA) is 78.0 Å². The first-order valence-corrected chi connectivity index (χ1v) is 13.7. The molecule has 2 aromatic rings. The van der Waals surface area contributed by atoms with Crippen molar-refractivity contribution in [2.75, 3.05) is 32.7 Å². The molecule has 1 fully saturated rings. The van der Waals surface area contributed by atoms with Gasteiger partial charge in [0.2, 0.25) is 21.8 Å². The van der Waals surface area contributed by atoms with E-state index in [-0.39, 0.29) is 47.7 Å². The van der Waals surface area contributed by atoms with Crippen LogP contribution in [0.5, 0.6) is 0 Å². The van der Waals surface area contributed by atoms with E-state index in [2.05, 4.69) is 26.8 Å². The molecule has 0 N–H and O–H groups in total. The molecule has 1 unspecified atom stereocenters. The van der Waals surface area contributed by atoms with E-state index in [9.17, 15) is 18.0 Å². The number of benzene rings is 2. The highest BCUT2D eigenvalue weighted by molar-refractivity contribution is 7.89. The molecule has 1 atom stereocenters. The van der Waals surface area contributed by atoms with E-state index >= 15 is 0 Å². The van der Waals surface area contributed by atoms with Crippen LogP contribution in [0.3, 0.4) is 0 Å². The number of sulfonamides is 1. The minimum Gasteiger partial charge on any atom is -0.340 e. The molecule has 0 bridgehead atoms. The fourth-order valence-electron chi connectivity index (χ4n) is 5.00. The Bertz CT molecular complexity index is 1190. The van der Waals surface area contributed by atoms with Gasteiger partial charge in [0.15, 0.2) is 0 Å². The van der Waals surface area contributed by atoms with Crippen LogP contribution >= 0.6 is 0 Å². The summed E-state index contributed by atoms with van der Waals surface area (Å²) in [7, 11) is -3.62. The van der Waals surface area contributed by atoms with Crippen molar-refractivity contribution in [3.05, 3.63) is 65.2 Å². The average molecular weight is 498 g/mol. The van der Waals surface area contributed by atoms with E-state index in [1.54, 1.807) is 28.9 Å². The van der Waals surface area contributed by atoms with Gasteiger partial charge in [-0.2, -0.15) is 4.31 Å². The fourth-order valence-corrected chi connectivity index (χ4v) is 6.42. The molecule has 4 rings (SSSR count). The quantitative estimate of drug-likeness (QED) is 0.649. The molecule has 35 heavy (non-hydrogen) atoms. The van der Waals surface area contributed by atoms with Crippen molar-refractivity contribution >= 4 is 21.8 Å². The Morgan fingerprint density at radius 3 is 2.14 bits per heavy atom. The van der Waals surface area contributed by atoms with Gasteiger partial charge >= 0.3 is 0 Å². The van der Waals surface area contributed by atoms with Crippen molar-refractivity contribution in [2.45, 2.75) is 56.9 Å². The monoisotopic (exact) mass is 497 g/mol. The summed E-state index contributed by atoms with van der Waals surface area (Å²) in [6, 6.07) is 14.8. The molecule has 2 aliphatic rings. The Morgan fingerprint density at radius 2 is 1.54 bits per heavy atom. The van der Waals surface area contributed by atoms with Crippen LogP contribution in [-0.2, 0) is 31.4 Å². The third kappa shape index (κ3) is 5.28. The highest BCUT2D eigenvalue weighted by Crippen LogP contribution is 2.33. The molecule has 2 aromatic carbocycles. The highest BCUT2D eigenvalue weighted by Gasteiger charge is 2.34. The van der Waals surface area contributed by atoms with Crippen molar-refractivity contribution in [3.63, 3.8) is 0 Å². The number of carbonyl (C=O) groups is 2. The minimum absolute atomic E-state index is 0.0364. The number of amides is 2. The summed E-state index contributed by atoms with van der Waals surface area (Å²) in [4.78, 5) is 29.3. The summed E-state index contributed by atoms with van der Waals surface area (Å²) in [6.45, 7) is 9.61. The van der Waals surface area contributed by atoms with Crippen LogP contribution in [0.25, 0.3) is 0 Å². The molecule has 0 spiro atoms. The maximum absolute atomic E-state index is 13.2. The second-order valence-corrected chi connectivity index (χ2v) is 12.4. The van der Waals surface area contributed by atoms with Crippen molar-refractivity contribution in [1.82, 2.24) is 14.1 Å². The molecule has 2 heterocycles. The molecule has 0 saturated carbocycles. The number of hydrogen-bond acceptors (Lipinski definition) is 4. The SMILES string of the molecule is CC(=O)N1CCc2ccccc2C1CC(=O)N1CCN(S(=O)(=O)c2ccc(C(C)(C)C)cc2)CC1. The standard InChI is InChI=1S/C27H35N3O4S/c1-20(31)30-14-13-21-7-5-6-8-24(21)25(30)19-26(32)28-15-17-29(18-16-28)35(33,34)23-11-9-22(10-12-23)27(2,3)4/h5-12,25H,13-19H2,1-4H3. The normalized spacial score (nSPS) is 19.4. The van der Waals surface area contributed by atoms with Gasteiger partial charge in [0.25, 0.3) is 0 Å². The molecule has 8 heteroatoms. The predicted octanol–water partition coefficient (Wildman–Crippen LogP) is 3.35. The van der Waals surface area contributed by atoms with Gasteiger partial charge in [-0.1, -0.05) is 57.2 Å². The van der Waals surface area contributed by atoms with Crippen LogP contribution in [0, 0.1) is 0 Å². The van der Waals surface area contributed by atoms with Gasteiger partial charge in [-0.3, -0.25) is 9.59 Å². The lowest BCUT2D eigenvalue weighted by Crippen LogP contribution is -2.51. The predicted molar refractivity (Wildman–Crippen MR) is 135 cm³/mol. The second kappa shape index (κ2) is 9.74. The highest BCUT2D eigenvalue weighted by atomic mass is 32.2. The zero-order valence-electron chi connectivity index (χ0n) is 21.0. The van der Waals surface area contributed by atoms with E-state index in [0.29, 0.717) is 19.6 Å². The molecule has 0 aliphatic carbocycles. The fraction of sp³-hybridized carbons (Fsp3) is 0.481. The Balaban J connectivity index is 1.42. The van der Waals surface area contributed by atoms with Crippen LogP contribution in [-0.4, -0.2) is 67.1 Å². The second-order valence-electron chi connectivity index (χ2n) is 10.4. The summed E-state index contributed by atoms with van der Waals surface area (Å²) in [5.41, 5.74) is 3.24. The first-order valence-electron chi connectivity index (χ1n) is 12.2. The average Bonchev–Trinajstić information content (AvgIpc) is 2.83. The summed E-state index contributed by atoms with van der Waals surface area (Å²) in [5.74, 6) is -0.0878. The molecule has 2 amide bonds. The summed E-state index contributed by atoms with van der Waals surface area (Å²) in [5, 5.41) is 0. The Morgan fingerprint density at radius 1 is 0.914 bits per heavy atom. The Labute approximate surface area is 208 Å². The smallest absolute Gasteiger partial charge is 0.243 e. The number of fused-ring (bicyclic) bond motifs is 1. The molecule has 0 aromatic heterocycles. The van der Waals surface area contributed by atoms with E-state index in [0.717, 1.165) is 17.5 Å². The molecular formula is C27H35N3O4S. The van der Waals surface area contributed by atoms with Gasteiger partial charge in [0, 0.05) is 39.6 Å². The maximum atomic E-state index is 13.2. The van der Waals surface area contributed by atoms with Crippen LogP contribution in [0.4, 0.5) is 0 Å². The molecule has 188 valence electrons. The number of hydrogen-bond donors (Lipinski definition) is 0. The summed E-state index contributed by atoms with van der Waals surface area (Å²) >= 11 is 0. The molecule has 0 radical (unpaired) electrons. The molecule has 2 aliphatic heterocycles. The zero-order chi connectivity index (χ0) is 25.4. The van der Waals surface area contributed by atoms with Crippen LogP contribution < -0.4 is 0 Å². The number of nitrogens with zero attached hydrogens (tertiary/aromatic N) is 3. The first kappa shape index (κ1) is 25.4. The van der Waals surface area contributed by atoms with Gasteiger partial charge in [-0.25, -0.2) is 8.42 Å². The summed E-state index contributed by atoms with van der Waals surface area (Å²) < 4.78 is 27.8. The lowest BCUT2D eigenvalue weighted by atomic mass is 9.87. The van der Waals surface area contributed by atoms with Crippen LogP contribution in [0.2, 0.25) is 0 Å². The van der Waals surface area contributed by atoms with Gasteiger partial charge in [0.05, 0.1) is 17.4 Å². The zero-order valence-corrected chi connectivity index (χ0v) is 21.8. The lowest BCUT2D eigenvalue weighted by molar-refractivity contribution is -0.137. The number of rotatable bonds is 4. The molecule has 1 saturated heterocycles. The van der Waals surface area contributed by atoms with Crippen molar-refractivity contribution in [2.24, 2.45) is 0 Å². The van der Waals surface area contributed by atoms with E-state index in [1.165, 1.54) is 9.87 Å². The third-order valence-electron chi connectivity index (χ3n) is 7.13.